The second-order valence-electron chi connectivity index (χ2n) is 9.27. The van der Waals surface area contributed by atoms with Gasteiger partial charge in [0, 0.05) is 28.6 Å². The number of Topliss-reactive ketones (excluding diaryl/α,β-unsaturated/α-hetero) is 1. The Morgan fingerprint density at radius 2 is 1.74 bits per heavy atom. The number of aromatic nitrogens is 1. The van der Waals surface area contributed by atoms with Crippen LogP contribution in [0.5, 0.6) is 5.75 Å². The van der Waals surface area contributed by atoms with Crippen LogP contribution in [0.2, 0.25) is 0 Å². The zero-order chi connectivity index (χ0) is 27.7. The van der Waals surface area contributed by atoms with Gasteiger partial charge in [-0.2, -0.15) is 0 Å². The highest BCUT2D eigenvalue weighted by Gasteiger charge is 2.47. The average molecular weight is 525 g/mol. The Bertz CT molecular complexity index is 1540. The van der Waals surface area contributed by atoms with E-state index in [0.29, 0.717) is 34.1 Å². The van der Waals surface area contributed by atoms with Gasteiger partial charge in [-0.3, -0.25) is 9.59 Å². The molecule has 5 rings (SSSR count). The van der Waals surface area contributed by atoms with E-state index in [1.54, 1.807) is 63.4 Å². The number of allylic oxidation sites excluding steroid dienone is 2. The number of hydrogen-bond donors (Lipinski definition) is 3. The van der Waals surface area contributed by atoms with Crippen molar-refractivity contribution < 1.29 is 23.9 Å². The summed E-state index contributed by atoms with van der Waals surface area (Å²) in [6.45, 7) is 3.75. The van der Waals surface area contributed by atoms with Gasteiger partial charge in [-0.1, -0.05) is 24.3 Å². The van der Waals surface area contributed by atoms with Crippen LogP contribution in [0.4, 0.5) is 0 Å². The number of fused-ring (bicyclic) bond motifs is 1. The van der Waals surface area contributed by atoms with Crippen LogP contribution in [0.3, 0.4) is 0 Å². The first kappa shape index (κ1) is 25.7. The molecule has 0 aliphatic carbocycles. The van der Waals surface area contributed by atoms with Gasteiger partial charge in [0.25, 0.3) is 0 Å². The van der Waals surface area contributed by atoms with E-state index in [-0.39, 0.29) is 18.1 Å². The number of H-pyrrole nitrogens is 1. The Kier molecular flexibility index (Phi) is 6.89. The fourth-order valence-corrected chi connectivity index (χ4v) is 5.00. The number of hydrogen-bond acceptors (Lipinski definition) is 7. The first-order chi connectivity index (χ1) is 18.8. The number of primary amides is 1. The Morgan fingerprint density at radius 1 is 1.03 bits per heavy atom. The molecule has 9 heteroatoms. The number of benzene rings is 2. The largest absolute Gasteiger partial charge is 0.497 e. The van der Waals surface area contributed by atoms with Gasteiger partial charge in [-0.05, 0) is 67.4 Å². The number of esters is 1. The van der Waals surface area contributed by atoms with Crippen molar-refractivity contribution in [3.05, 3.63) is 94.5 Å². The number of ether oxygens (including phenoxy) is 2. The van der Waals surface area contributed by atoms with Crippen molar-refractivity contribution in [2.24, 2.45) is 16.6 Å². The highest BCUT2D eigenvalue weighted by molar-refractivity contribution is 6.21. The molecule has 2 aliphatic rings. The van der Waals surface area contributed by atoms with E-state index < -0.39 is 23.7 Å². The molecule has 0 spiro atoms. The first-order valence-corrected chi connectivity index (χ1v) is 12.5. The van der Waals surface area contributed by atoms with E-state index in [9.17, 15) is 14.4 Å². The van der Waals surface area contributed by atoms with Gasteiger partial charge < -0.3 is 25.5 Å². The zero-order valence-corrected chi connectivity index (χ0v) is 21.8. The van der Waals surface area contributed by atoms with E-state index in [2.05, 4.69) is 15.3 Å². The van der Waals surface area contributed by atoms with E-state index in [4.69, 9.17) is 15.2 Å². The Balaban J connectivity index is 1.48. The standard InChI is InChI=1S/C30H28N4O5/c1-4-39-30(37)24-16(2)32-29-26(25(24)18-9-12-21(38-3)13-10-18)27(35)23(34-29)15-20-11-14-22(33-20)17-5-7-19(8-6-17)28(31)36/h5-15,25-26,33H,4H2,1-3H3,(H2,31,36)(H,32,34)/b23-15-. The molecule has 0 bridgehead atoms. The average Bonchev–Trinajstić information content (AvgIpc) is 3.52. The lowest BCUT2D eigenvalue weighted by molar-refractivity contribution is -0.139. The third-order valence-electron chi connectivity index (χ3n) is 6.89. The molecule has 198 valence electrons. The van der Waals surface area contributed by atoms with Gasteiger partial charge in [0.1, 0.15) is 17.3 Å². The molecule has 0 saturated carbocycles. The highest BCUT2D eigenvalue weighted by Crippen LogP contribution is 2.43. The summed E-state index contributed by atoms with van der Waals surface area (Å²) in [4.78, 5) is 46.1. The zero-order valence-electron chi connectivity index (χ0n) is 21.8. The number of amides is 1. The molecule has 1 amide bonds. The minimum absolute atomic E-state index is 0.199. The lowest BCUT2D eigenvalue weighted by Gasteiger charge is -2.32. The fourth-order valence-electron chi connectivity index (χ4n) is 5.00. The van der Waals surface area contributed by atoms with Gasteiger partial charge in [0.05, 0.1) is 25.2 Å². The molecule has 2 aromatic carbocycles. The van der Waals surface area contributed by atoms with Crippen LogP contribution >= 0.6 is 0 Å². The Morgan fingerprint density at radius 3 is 2.38 bits per heavy atom. The van der Waals surface area contributed by atoms with Crippen LogP contribution in [0.25, 0.3) is 17.3 Å². The van der Waals surface area contributed by atoms with Crippen LogP contribution < -0.4 is 15.8 Å². The van der Waals surface area contributed by atoms with Gasteiger partial charge in [0.2, 0.25) is 5.91 Å². The van der Waals surface area contributed by atoms with Crippen molar-refractivity contribution in [3.8, 4) is 17.0 Å². The van der Waals surface area contributed by atoms with Crippen molar-refractivity contribution in [2.75, 3.05) is 13.7 Å². The molecule has 3 heterocycles. The normalized spacial score (nSPS) is 19.4. The topological polar surface area (TPSA) is 136 Å². The van der Waals surface area contributed by atoms with Crippen LogP contribution in [0.15, 0.2) is 82.6 Å². The first-order valence-electron chi connectivity index (χ1n) is 12.5. The fraction of sp³-hybridized carbons (Fsp3) is 0.200. The second kappa shape index (κ2) is 10.4. The lowest BCUT2D eigenvalue weighted by Crippen LogP contribution is -2.42. The number of nitrogens with two attached hydrogens (primary N) is 1. The maximum atomic E-state index is 13.8. The second-order valence-corrected chi connectivity index (χ2v) is 9.27. The van der Waals surface area contributed by atoms with Crippen molar-refractivity contribution in [3.63, 3.8) is 0 Å². The minimum atomic E-state index is -0.705. The maximum Gasteiger partial charge on any atom is 0.336 e. The van der Waals surface area contributed by atoms with Gasteiger partial charge in [-0.15, -0.1) is 0 Å². The van der Waals surface area contributed by atoms with Crippen LogP contribution in [0, 0.1) is 5.92 Å². The summed E-state index contributed by atoms with van der Waals surface area (Å²) in [6, 6.07) is 18.0. The molecular weight excluding hydrogens is 496 g/mol. The Labute approximate surface area is 225 Å². The summed E-state index contributed by atoms with van der Waals surface area (Å²) in [6.07, 6.45) is 1.70. The molecule has 2 aliphatic heterocycles. The van der Waals surface area contributed by atoms with Gasteiger partial charge in [0.15, 0.2) is 5.78 Å². The number of methoxy groups -OCH3 is 1. The number of aliphatic imine (C=N–C) groups is 1. The number of rotatable bonds is 7. The number of aromatic amines is 1. The van der Waals surface area contributed by atoms with E-state index in [0.717, 1.165) is 16.8 Å². The predicted molar refractivity (Wildman–Crippen MR) is 147 cm³/mol. The van der Waals surface area contributed by atoms with Crippen molar-refractivity contribution in [1.29, 1.82) is 0 Å². The monoisotopic (exact) mass is 524 g/mol. The van der Waals surface area contributed by atoms with Gasteiger partial charge >= 0.3 is 5.97 Å². The van der Waals surface area contributed by atoms with E-state index in [1.165, 1.54) is 0 Å². The summed E-state index contributed by atoms with van der Waals surface area (Å²) >= 11 is 0. The molecule has 3 aromatic rings. The summed E-state index contributed by atoms with van der Waals surface area (Å²) in [7, 11) is 1.58. The SMILES string of the molecule is CCOC(=O)C1=C(C)NC2=N/C(=C\c3ccc(-c4ccc(C(N)=O)cc4)[nH]3)C(=O)C2C1c1ccc(OC)cc1. The lowest BCUT2D eigenvalue weighted by atomic mass is 9.75. The number of ketones is 1. The number of nitrogens with zero attached hydrogens (tertiary/aromatic N) is 1. The summed E-state index contributed by atoms with van der Waals surface area (Å²) in [5.41, 5.74) is 10.2. The quantitative estimate of drug-likeness (QED) is 0.316. The maximum absolute atomic E-state index is 13.8. The van der Waals surface area contributed by atoms with Crippen LogP contribution in [-0.4, -0.2) is 42.2 Å². The molecule has 2 unspecified atom stereocenters. The Hall–Kier alpha value is -4.92. The molecule has 0 radical (unpaired) electrons. The third kappa shape index (κ3) is 4.86. The third-order valence-corrected chi connectivity index (χ3v) is 6.89. The van der Waals surface area contributed by atoms with Crippen LogP contribution in [-0.2, 0) is 14.3 Å². The van der Waals surface area contributed by atoms with Gasteiger partial charge in [-0.25, -0.2) is 9.79 Å². The van der Waals surface area contributed by atoms with E-state index >= 15 is 0 Å². The predicted octanol–water partition coefficient (Wildman–Crippen LogP) is 3.95. The van der Waals surface area contributed by atoms with Crippen molar-refractivity contribution in [1.82, 2.24) is 10.3 Å². The molecule has 0 saturated heterocycles. The summed E-state index contributed by atoms with van der Waals surface area (Å²) < 4.78 is 10.7. The molecule has 2 atom stereocenters. The van der Waals surface area contributed by atoms with Crippen LogP contribution in [0.1, 0.15) is 41.4 Å². The van der Waals surface area contributed by atoms with Crippen molar-refractivity contribution in [2.45, 2.75) is 19.8 Å². The number of carbonyl (C=O) groups excluding carboxylic acids is 3. The molecular formula is C30H28N4O5. The molecule has 0 fully saturated rings. The molecule has 4 N–H and O–H groups in total. The number of nitrogens with one attached hydrogen (secondary N) is 2. The molecule has 1 aromatic heterocycles. The minimum Gasteiger partial charge on any atom is -0.497 e. The number of carbonyl (C=O) groups is 3. The summed E-state index contributed by atoms with van der Waals surface area (Å²) in [5.74, 6) is -1.27. The highest BCUT2D eigenvalue weighted by atomic mass is 16.5. The van der Waals surface area contributed by atoms with E-state index in [1.807, 2.05) is 24.3 Å². The molecule has 39 heavy (non-hydrogen) atoms. The molecule has 9 nitrogen and oxygen atoms in total. The smallest absolute Gasteiger partial charge is 0.336 e. The number of amidine groups is 1. The van der Waals surface area contributed by atoms with Crippen molar-refractivity contribution >= 4 is 29.6 Å². The summed E-state index contributed by atoms with van der Waals surface area (Å²) in [5, 5.41) is 3.18.